The van der Waals surface area contributed by atoms with Gasteiger partial charge in [-0.05, 0) is 30.6 Å². The number of hydrogen-bond acceptors (Lipinski definition) is 3. The summed E-state index contributed by atoms with van der Waals surface area (Å²) < 4.78 is 2.17. The average molecular weight is 264 g/mol. The second kappa shape index (κ2) is 4.07. The summed E-state index contributed by atoms with van der Waals surface area (Å²) in [7, 11) is 0. The third-order valence-corrected chi connectivity index (χ3v) is 5.28. The van der Waals surface area contributed by atoms with E-state index in [1.54, 1.807) is 17.5 Å². The number of aromatic nitrogens is 2. The number of nitrogens with zero attached hydrogens (tertiary/aromatic N) is 2. The van der Waals surface area contributed by atoms with Gasteiger partial charge in [0.15, 0.2) is 4.96 Å². The van der Waals surface area contributed by atoms with Gasteiger partial charge in [-0.25, -0.2) is 4.98 Å². The Morgan fingerprint density at radius 1 is 1.50 bits per heavy atom. The molecule has 0 bridgehead atoms. The number of fused-ring (bicyclic) bond motifs is 3. The van der Waals surface area contributed by atoms with E-state index in [4.69, 9.17) is 0 Å². The van der Waals surface area contributed by atoms with E-state index in [2.05, 4.69) is 30.2 Å². The normalized spacial score (nSPS) is 20.3. The lowest BCUT2D eigenvalue weighted by molar-refractivity contribution is 0.216. The van der Waals surface area contributed by atoms with E-state index in [0.29, 0.717) is 5.41 Å². The van der Waals surface area contributed by atoms with Crippen LogP contribution < -0.4 is 0 Å². The number of imidazole rings is 1. The van der Waals surface area contributed by atoms with Crippen LogP contribution in [0.3, 0.4) is 0 Å². The van der Waals surface area contributed by atoms with Gasteiger partial charge in [-0.1, -0.05) is 20.8 Å². The summed E-state index contributed by atoms with van der Waals surface area (Å²) in [6.07, 6.45) is 5.31. The van der Waals surface area contributed by atoms with Crippen molar-refractivity contribution < 1.29 is 5.11 Å². The maximum atomic E-state index is 9.37. The molecule has 1 N–H and O–H groups in total. The highest BCUT2D eigenvalue weighted by molar-refractivity contribution is 7.17. The lowest BCUT2D eigenvalue weighted by atomic mass is 9.73. The molecule has 3 rings (SSSR count). The topological polar surface area (TPSA) is 37.5 Å². The molecule has 2 aromatic rings. The van der Waals surface area contributed by atoms with Crippen LogP contribution in [0.5, 0.6) is 0 Å². The molecule has 1 unspecified atom stereocenters. The number of aliphatic hydroxyl groups excluding tert-OH is 1. The number of rotatable bonds is 1. The van der Waals surface area contributed by atoms with Crippen LogP contribution in [0, 0.1) is 11.3 Å². The molecule has 0 aliphatic heterocycles. The minimum absolute atomic E-state index is 0.0764. The zero-order valence-electron chi connectivity index (χ0n) is 11.2. The fourth-order valence-electron chi connectivity index (χ4n) is 2.92. The lowest BCUT2D eigenvalue weighted by Crippen LogP contribution is -2.26. The quantitative estimate of drug-likeness (QED) is 0.859. The van der Waals surface area contributed by atoms with Crippen LogP contribution in [0.4, 0.5) is 0 Å². The second-order valence-electron chi connectivity index (χ2n) is 6.30. The summed E-state index contributed by atoms with van der Waals surface area (Å²) in [5, 5.41) is 9.37. The summed E-state index contributed by atoms with van der Waals surface area (Å²) in [6.45, 7) is 7.08. The Morgan fingerprint density at radius 3 is 2.94 bits per heavy atom. The van der Waals surface area contributed by atoms with Crippen LogP contribution in [0.1, 0.15) is 43.5 Å². The van der Waals surface area contributed by atoms with Crippen molar-refractivity contribution in [3.63, 3.8) is 0 Å². The van der Waals surface area contributed by atoms with Crippen LogP contribution >= 0.6 is 11.3 Å². The van der Waals surface area contributed by atoms with E-state index in [-0.39, 0.29) is 6.61 Å². The fourth-order valence-corrected chi connectivity index (χ4v) is 4.16. The molecule has 1 atom stereocenters. The molecule has 0 saturated carbocycles. The first-order chi connectivity index (χ1) is 8.50. The van der Waals surface area contributed by atoms with E-state index < -0.39 is 0 Å². The molecule has 18 heavy (non-hydrogen) atoms. The molecular formula is C14H20N2OS. The molecule has 0 spiro atoms. The van der Waals surface area contributed by atoms with Crippen molar-refractivity contribution >= 4 is 16.3 Å². The molecule has 2 heterocycles. The van der Waals surface area contributed by atoms with Crippen LogP contribution in [-0.2, 0) is 19.4 Å². The third-order valence-electron chi connectivity index (χ3n) is 4.16. The molecular weight excluding hydrogens is 244 g/mol. The van der Waals surface area contributed by atoms with Crippen LogP contribution in [0.2, 0.25) is 0 Å². The molecule has 0 saturated heterocycles. The summed E-state index contributed by atoms with van der Waals surface area (Å²) in [5.41, 5.74) is 2.69. The molecule has 98 valence electrons. The molecule has 0 aromatic carbocycles. The Kier molecular flexibility index (Phi) is 2.75. The predicted molar refractivity (Wildman–Crippen MR) is 74.0 cm³/mol. The highest BCUT2D eigenvalue weighted by atomic mass is 32.1. The van der Waals surface area contributed by atoms with Crippen molar-refractivity contribution in [2.45, 2.75) is 46.6 Å². The molecule has 0 radical (unpaired) electrons. The minimum atomic E-state index is 0.0764. The molecule has 0 amide bonds. The number of thiazole rings is 1. The first-order valence-electron chi connectivity index (χ1n) is 6.58. The Hall–Kier alpha value is -0.870. The van der Waals surface area contributed by atoms with Crippen LogP contribution in [0.25, 0.3) is 4.96 Å². The molecule has 1 aliphatic rings. The number of hydrogen-bond donors (Lipinski definition) is 1. The van der Waals surface area contributed by atoms with Gasteiger partial charge in [-0.3, -0.25) is 4.40 Å². The lowest BCUT2D eigenvalue weighted by Gasteiger charge is -2.33. The van der Waals surface area contributed by atoms with Gasteiger partial charge in [-0.15, -0.1) is 11.3 Å². The molecule has 3 nitrogen and oxygen atoms in total. The number of aliphatic hydroxyl groups is 1. The summed E-state index contributed by atoms with van der Waals surface area (Å²) in [5.74, 6) is 0.755. The Balaban J connectivity index is 2.03. The van der Waals surface area contributed by atoms with Gasteiger partial charge in [0.25, 0.3) is 0 Å². The Labute approximate surface area is 111 Å². The fraction of sp³-hybridized carbons (Fsp3) is 0.643. The van der Waals surface area contributed by atoms with Crippen LogP contribution in [0.15, 0.2) is 6.20 Å². The minimum Gasteiger partial charge on any atom is -0.390 e. The van der Waals surface area contributed by atoms with Gasteiger partial charge in [0.05, 0.1) is 18.5 Å². The molecule has 4 heteroatoms. The van der Waals surface area contributed by atoms with Gasteiger partial charge in [-0.2, -0.15) is 0 Å². The zero-order valence-corrected chi connectivity index (χ0v) is 12.0. The SMILES string of the molecule is CC(C)(C)C1CCc2c(sc3ncc(CO)n23)C1. The molecule has 0 fully saturated rings. The smallest absolute Gasteiger partial charge is 0.194 e. The van der Waals surface area contributed by atoms with Crippen molar-refractivity contribution in [2.75, 3.05) is 0 Å². The monoisotopic (exact) mass is 264 g/mol. The highest BCUT2D eigenvalue weighted by Crippen LogP contribution is 2.40. The van der Waals surface area contributed by atoms with E-state index in [1.165, 1.54) is 17.0 Å². The maximum Gasteiger partial charge on any atom is 0.194 e. The van der Waals surface area contributed by atoms with Crippen molar-refractivity contribution in [1.29, 1.82) is 0 Å². The first-order valence-corrected chi connectivity index (χ1v) is 7.40. The van der Waals surface area contributed by atoms with Crippen LogP contribution in [-0.4, -0.2) is 14.5 Å². The van der Waals surface area contributed by atoms with Gasteiger partial charge in [0, 0.05) is 10.6 Å². The summed E-state index contributed by atoms with van der Waals surface area (Å²) >= 11 is 1.80. The predicted octanol–water partition coefficient (Wildman–Crippen LogP) is 3.04. The van der Waals surface area contributed by atoms with E-state index in [1.807, 2.05) is 0 Å². The van der Waals surface area contributed by atoms with E-state index in [0.717, 1.165) is 29.4 Å². The van der Waals surface area contributed by atoms with E-state index in [9.17, 15) is 5.11 Å². The Morgan fingerprint density at radius 2 is 2.28 bits per heavy atom. The summed E-state index contributed by atoms with van der Waals surface area (Å²) in [6, 6.07) is 0. The third kappa shape index (κ3) is 1.79. The highest BCUT2D eigenvalue weighted by Gasteiger charge is 2.31. The average Bonchev–Trinajstić information content (AvgIpc) is 2.84. The van der Waals surface area contributed by atoms with Crippen molar-refractivity contribution in [3.05, 3.63) is 22.5 Å². The van der Waals surface area contributed by atoms with Gasteiger partial charge >= 0.3 is 0 Å². The Bertz CT molecular complexity index is 576. The first kappa shape index (κ1) is 12.2. The zero-order chi connectivity index (χ0) is 12.9. The standard InChI is InChI=1S/C14H20N2OS/c1-14(2,3)9-4-5-11-12(6-9)18-13-15-7-10(8-17)16(11)13/h7,9,17H,4-6,8H2,1-3H3. The van der Waals surface area contributed by atoms with Crippen molar-refractivity contribution in [3.8, 4) is 0 Å². The van der Waals surface area contributed by atoms with Gasteiger partial charge < -0.3 is 5.11 Å². The second-order valence-corrected chi connectivity index (χ2v) is 7.37. The largest absolute Gasteiger partial charge is 0.390 e. The van der Waals surface area contributed by atoms with Crippen molar-refractivity contribution in [2.24, 2.45) is 11.3 Å². The molecule has 2 aromatic heterocycles. The van der Waals surface area contributed by atoms with E-state index >= 15 is 0 Å². The maximum absolute atomic E-state index is 9.37. The van der Waals surface area contributed by atoms with Gasteiger partial charge in [0.1, 0.15) is 0 Å². The number of aryl methyl sites for hydroxylation is 1. The van der Waals surface area contributed by atoms with Crippen molar-refractivity contribution in [1.82, 2.24) is 9.38 Å². The summed E-state index contributed by atoms with van der Waals surface area (Å²) in [4.78, 5) is 6.91. The van der Waals surface area contributed by atoms with Gasteiger partial charge in [0.2, 0.25) is 0 Å². The molecule has 1 aliphatic carbocycles.